The van der Waals surface area contributed by atoms with Crippen LogP contribution in [0.5, 0.6) is 0 Å². The van der Waals surface area contributed by atoms with Gasteiger partial charge in [-0.1, -0.05) is 6.42 Å². The molecule has 2 fully saturated rings. The lowest BCUT2D eigenvalue weighted by molar-refractivity contribution is -0.127. The second-order valence-electron chi connectivity index (χ2n) is 5.87. The van der Waals surface area contributed by atoms with Gasteiger partial charge >= 0.3 is 0 Å². The van der Waals surface area contributed by atoms with E-state index in [1.165, 1.54) is 0 Å². The second kappa shape index (κ2) is 6.53. The van der Waals surface area contributed by atoms with Crippen molar-refractivity contribution < 1.29 is 9.53 Å². The summed E-state index contributed by atoms with van der Waals surface area (Å²) in [5, 5.41) is 3.19. The van der Waals surface area contributed by atoms with Crippen LogP contribution in [0.2, 0.25) is 0 Å². The van der Waals surface area contributed by atoms with Crippen LogP contribution < -0.4 is 11.1 Å². The first-order chi connectivity index (χ1) is 8.66. The number of nitrogens with one attached hydrogen (secondary N) is 1. The van der Waals surface area contributed by atoms with E-state index in [1.54, 1.807) is 0 Å². The largest absolute Gasteiger partial charge is 0.381 e. The number of carbonyl (C=O) groups excluding carboxylic acids is 1. The topological polar surface area (TPSA) is 64.4 Å². The highest BCUT2D eigenvalue weighted by atomic mass is 16.5. The molecule has 1 saturated carbocycles. The molecule has 3 N–H and O–H groups in total. The van der Waals surface area contributed by atoms with Crippen LogP contribution in [0.4, 0.5) is 0 Å². The fourth-order valence-electron chi connectivity index (χ4n) is 3.14. The summed E-state index contributed by atoms with van der Waals surface area (Å²) < 4.78 is 5.36. The first-order valence-corrected chi connectivity index (χ1v) is 7.30. The second-order valence-corrected chi connectivity index (χ2v) is 5.87. The molecule has 1 amide bonds. The summed E-state index contributed by atoms with van der Waals surface area (Å²) in [4.78, 5) is 12.2. The minimum Gasteiger partial charge on any atom is -0.381 e. The van der Waals surface area contributed by atoms with Crippen molar-refractivity contribution in [3.05, 3.63) is 0 Å². The van der Waals surface area contributed by atoms with Crippen LogP contribution in [-0.4, -0.2) is 31.2 Å². The highest BCUT2D eigenvalue weighted by Gasteiger charge is 2.28. The monoisotopic (exact) mass is 254 g/mol. The molecule has 0 spiro atoms. The van der Waals surface area contributed by atoms with Crippen molar-refractivity contribution in [2.75, 3.05) is 13.2 Å². The minimum atomic E-state index is 0.135. The summed E-state index contributed by atoms with van der Waals surface area (Å²) in [6.45, 7) is 3.79. The molecule has 104 valence electrons. The zero-order chi connectivity index (χ0) is 13.0. The third kappa shape index (κ3) is 3.69. The normalized spacial score (nSPS) is 31.9. The van der Waals surface area contributed by atoms with E-state index in [0.29, 0.717) is 5.92 Å². The molecule has 1 saturated heterocycles. The summed E-state index contributed by atoms with van der Waals surface area (Å²) >= 11 is 0. The van der Waals surface area contributed by atoms with Crippen molar-refractivity contribution in [2.45, 2.75) is 57.5 Å². The summed E-state index contributed by atoms with van der Waals surface area (Å²) in [6, 6.07) is 0.479. The van der Waals surface area contributed by atoms with Crippen molar-refractivity contribution in [1.82, 2.24) is 5.32 Å². The van der Waals surface area contributed by atoms with Gasteiger partial charge < -0.3 is 15.8 Å². The molecular weight excluding hydrogens is 228 g/mol. The molecule has 1 heterocycles. The zero-order valence-electron chi connectivity index (χ0n) is 11.4. The molecule has 0 radical (unpaired) electrons. The number of rotatable bonds is 3. The van der Waals surface area contributed by atoms with Gasteiger partial charge in [0, 0.05) is 31.2 Å². The number of carbonyl (C=O) groups is 1. The van der Waals surface area contributed by atoms with Gasteiger partial charge in [-0.05, 0) is 44.9 Å². The molecule has 1 aliphatic heterocycles. The predicted molar refractivity (Wildman–Crippen MR) is 71.1 cm³/mol. The highest BCUT2D eigenvalue weighted by Crippen LogP contribution is 2.24. The van der Waals surface area contributed by atoms with Crippen LogP contribution in [0.3, 0.4) is 0 Å². The fourth-order valence-corrected chi connectivity index (χ4v) is 3.14. The first-order valence-electron chi connectivity index (χ1n) is 7.30. The summed E-state index contributed by atoms with van der Waals surface area (Å²) in [5.74, 6) is 0.917. The van der Waals surface area contributed by atoms with E-state index in [1.807, 2.05) is 0 Å². The molecule has 0 bridgehead atoms. The van der Waals surface area contributed by atoms with Crippen molar-refractivity contribution in [1.29, 1.82) is 0 Å². The van der Waals surface area contributed by atoms with E-state index >= 15 is 0 Å². The molecule has 0 aromatic rings. The smallest absolute Gasteiger partial charge is 0.223 e. The van der Waals surface area contributed by atoms with Crippen molar-refractivity contribution in [3.63, 3.8) is 0 Å². The third-order valence-electron chi connectivity index (χ3n) is 4.43. The Labute approximate surface area is 110 Å². The third-order valence-corrected chi connectivity index (χ3v) is 4.43. The van der Waals surface area contributed by atoms with Crippen LogP contribution in [-0.2, 0) is 9.53 Å². The Morgan fingerprint density at radius 3 is 2.67 bits per heavy atom. The molecule has 2 aliphatic rings. The van der Waals surface area contributed by atoms with E-state index < -0.39 is 0 Å². The number of hydrogen-bond donors (Lipinski definition) is 2. The Morgan fingerprint density at radius 1 is 1.28 bits per heavy atom. The molecule has 1 aliphatic carbocycles. The van der Waals surface area contributed by atoms with Gasteiger partial charge in [-0.3, -0.25) is 4.79 Å². The van der Waals surface area contributed by atoms with Gasteiger partial charge in [-0.25, -0.2) is 0 Å². The van der Waals surface area contributed by atoms with E-state index in [2.05, 4.69) is 12.2 Å². The minimum absolute atomic E-state index is 0.135. The van der Waals surface area contributed by atoms with Gasteiger partial charge in [-0.2, -0.15) is 0 Å². The molecule has 2 rings (SSSR count). The fraction of sp³-hybridized carbons (Fsp3) is 0.929. The summed E-state index contributed by atoms with van der Waals surface area (Å²) in [6.07, 6.45) is 6.13. The molecule has 18 heavy (non-hydrogen) atoms. The van der Waals surface area contributed by atoms with Gasteiger partial charge in [0.2, 0.25) is 5.91 Å². The van der Waals surface area contributed by atoms with E-state index in [0.717, 1.165) is 51.7 Å². The Hall–Kier alpha value is -0.610. The molecule has 4 nitrogen and oxygen atoms in total. The van der Waals surface area contributed by atoms with E-state index in [4.69, 9.17) is 10.5 Å². The van der Waals surface area contributed by atoms with Gasteiger partial charge in [0.1, 0.15) is 0 Å². The highest BCUT2D eigenvalue weighted by molar-refractivity contribution is 5.79. The lowest BCUT2D eigenvalue weighted by Gasteiger charge is -2.31. The van der Waals surface area contributed by atoms with E-state index in [-0.39, 0.29) is 23.9 Å². The quantitative estimate of drug-likeness (QED) is 0.801. The van der Waals surface area contributed by atoms with Crippen molar-refractivity contribution >= 4 is 5.91 Å². The number of nitrogens with two attached hydrogens (primary N) is 1. The first kappa shape index (κ1) is 13.8. The Morgan fingerprint density at radius 2 is 2.00 bits per heavy atom. The molecule has 0 aromatic heterocycles. The van der Waals surface area contributed by atoms with Gasteiger partial charge in [0.05, 0.1) is 0 Å². The molecule has 0 aromatic carbocycles. The SMILES string of the molecule is CC(NC(=O)C1CCCC(N)C1)C1CCOCC1. The maximum Gasteiger partial charge on any atom is 0.223 e. The zero-order valence-corrected chi connectivity index (χ0v) is 11.4. The predicted octanol–water partition coefficient (Wildman–Crippen LogP) is 1.44. The average molecular weight is 254 g/mol. The molecular formula is C14H26N2O2. The van der Waals surface area contributed by atoms with Crippen LogP contribution >= 0.6 is 0 Å². The summed E-state index contributed by atoms with van der Waals surface area (Å²) in [5.41, 5.74) is 5.94. The van der Waals surface area contributed by atoms with Crippen molar-refractivity contribution in [3.8, 4) is 0 Å². The van der Waals surface area contributed by atoms with Crippen LogP contribution in [0.15, 0.2) is 0 Å². The molecule has 3 atom stereocenters. The number of amides is 1. The van der Waals surface area contributed by atoms with Crippen LogP contribution in [0.25, 0.3) is 0 Å². The Bertz CT molecular complexity index is 277. The molecule has 4 heteroatoms. The van der Waals surface area contributed by atoms with Gasteiger partial charge in [-0.15, -0.1) is 0 Å². The average Bonchev–Trinajstić information content (AvgIpc) is 2.39. The maximum absolute atomic E-state index is 12.2. The lowest BCUT2D eigenvalue weighted by atomic mass is 9.85. The standard InChI is InChI=1S/C14H26N2O2/c1-10(11-5-7-18-8-6-11)16-14(17)12-3-2-4-13(15)9-12/h10-13H,2-9,15H2,1H3,(H,16,17). The summed E-state index contributed by atoms with van der Waals surface area (Å²) in [7, 11) is 0. The Balaban J connectivity index is 1.78. The lowest BCUT2D eigenvalue weighted by Crippen LogP contribution is -2.45. The van der Waals surface area contributed by atoms with Gasteiger partial charge in [0.25, 0.3) is 0 Å². The van der Waals surface area contributed by atoms with Gasteiger partial charge in [0.15, 0.2) is 0 Å². The van der Waals surface area contributed by atoms with Crippen LogP contribution in [0.1, 0.15) is 45.4 Å². The number of ether oxygens (including phenoxy) is 1. The number of hydrogen-bond acceptors (Lipinski definition) is 3. The maximum atomic E-state index is 12.2. The molecule has 3 unspecified atom stereocenters. The van der Waals surface area contributed by atoms with Crippen molar-refractivity contribution in [2.24, 2.45) is 17.6 Å². The van der Waals surface area contributed by atoms with Crippen LogP contribution in [0, 0.1) is 11.8 Å². The van der Waals surface area contributed by atoms with E-state index in [9.17, 15) is 4.79 Å². The Kier molecular flexibility index (Phi) is 5.01.